The van der Waals surface area contributed by atoms with Crippen LogP contribution in [0.15, 0.2) is 18.2 Å². The fourth-order valence-electron chi connectivity index (χ4n) is 3.13. The van der Waals surface area contributed by atoms with Crippen molar-refractivity contribution in [1.29, 1.82) is 0 Å². The van der Waals surface area contributed by atoms with E-state index in [1.54, 1.807) is 0 Å². The van der Waals surface area contributed by atoms with Crippen molar-refractivity contribution in [3.05, 3.63) is 29.3 Å². The molecule has 0 heterocycles. The molecule has 0 amide bonds. The van der Waals surface area contributed by atoms with Gasteiger partial charge in [0.05, 0.1) is 0 Å². The van der Waals surface area contributed by atoms with E-state index >= 15 is 0 Å². The van der Waals surface area contributed by atoms with E-state index in [1.807, 2.05) is 0 Å². The fourth-order valence-corrected chi connectivity index (χ4v) is 3.13. The Balaban J connectivity index is 2.21. The average molecular weight is 246 g/mol. The molecule has 1 aliphatic rings. The third-order valence-corrected chi connectivity index (χ3v) is 4.30. The molecule has 2 heteroatoms. The van der Waals surface area contributed by atoms with Gasteiger partial charge in [-0.15, -0.1) is 0 Å². The molecule has 1 aromatic rings. The van der Waals surface area contributed by atoms with Gasteiger partial charge in [0.1, 0.15) is 0 Å². The molecule has 2 rings (SSSR count). The highest BCUT2D eigenvalue weighted by Crippen LogP contribution is 2.31. The van der Waals surface area contributed by atoms with Gasteiger partial charge in [-0.2, -0.15) is 0 Å². The molecule has 0 radical (unpaired) electrons. The van der Waals surface area contributed by atoms with E-state index in [0.29, 0.717) is 12.6 Å². The molecule has 1 aromatic carbocycles. The van der Waals surface area contributed by atoms with Crippen LogP contribution in [-0.2, 0) is 6.54 Å². The van der Waals surface area contributed by atoms with Gasteiger partial charge in [0.15, 0.2) is 0 Å². The topological polar surface area (TPSA) is 29.3 Å². The standard InChI is InChI=1S/C16H26N2/c1-12-5-4-6-15(9-12)18(3)16-10-13(2)7-8-14(16)11-17/h7-8,10,12,15H,4-6,9,11,17H2,1-3H3. The Morgan fingerprint density at radius 1 is 1.33 bits per heavy atom. The Morgan fingerprint density at radius 2 is 2.11 bits per heavy atom. The highest BCUT2D eigenvalue weighted by atomic mass is 15.1. The molecule has 2 N–H and O–H groups in total. The van der Waals surface area contributed by atoms with Crippen molar-refractivity contribution in [2.24, 2.45) is 11.7 Å². The van der Waals surface area contributed by atoms with Gasteiger partial charge in [0, 0.05) is 25.3 Å². The fraction of sp³-hybridized carbons (Fsp3) is 0.625. The van der Waals surface area contributed by atoms with Gasteiger partial charge < -0.3 is 10.6 Å². The van der Waals surface area contributed by atoms with Gasteiger partial charge in [-0.3, -0.25) is 0 Å². The van der Waals surface area contributed by atoms with Crippen LogP contribution in [-0.4, -0.2) is 13.1 Å². The highest BCUT2D eigenvalue weighted by Gasteiger charge is 2.23. The summed E-state index contributed by atoms with van der Waals surface area (Å²) in [5.74, 6) is 0.859. The van der Waals surface area contributed by atoms with Gasteiger partial charge in [-0.1, -0.05) is 31.9 Å². The zero-order valence-corrected chi connectivity index (χ0v) is 11.9. The number of nitrogens with two attached hydrogens (primary N) is 1. The van der Waals surface area contributed by atoms with Gasteiger partial charge in [-0.05, 0) is 42.9 Å². The van der Waals surface area contributed by atoms with E-state index in [2.05, 4.69) is 44.0 Å². The SMILES string of the molecule is Cc1ccc(CN)c(N(C)C2CCCC(C)C2)c1. The Hall–Kier alpha value is -1.02. The minimum Gasteiger partial charge on any atom is -0.371 e. The van der Waals surface area contributed by atoms with Crippen molar-refractivity contribution >= 4 is 5.69 Å². The second-order valence-corrected chi connectivity index (χ2v) is 5.87. The zero-order chi connectivity index (χ0) is 13.1. The number of aryl methyl sites for hydroxylation is 1. The lowest BCUT2D eigenvalue weighted by atomic mass is 9.86. The van der Waals surface area contributed by atoms with Crippen LogP contribution in [0.25, 0.3) is 0 Å². The van der Waals surface area contributed by atoms with Crippen LogP contribution in [0.5, 0.6) is 0 Å². The normalized spacial score (nSPS) is 24.0. The van der Waals surface area contributed by atoms with Crippen molar-refractivity contribution < 1.29 is 0 Å². The van der Waals surface area contributed by atoms with Crippen LogP contribution in [0.2, 0.25) is 0 Å². The summed E-state index contributed by atoms with van der Waals surface area (Å²) in [5.41, 5.74) is 9.78. The van der Waals surface area contributed by atoms with E-state index in [1.165, 1.54) is 42.5 Å². The average Bonchev–Trinajstić information content (AvgIpc) is 2.38. The monoisotopic (exact) mass is 246 g/mol. The Bertz CT molecular complexity index is 400. The minimum atomic E-state index is 0.627. The lowest BCUT2D eigenvalue weighted by molar-refractivity contribution is 0.336. The number of anilines is 1. The smallest absolute Gasteiger partial charge is 0.0414 e. The summed E-state index contributed by atoms with van der Waals surface area (Å²) < 4.78 is 0. The summed E-state index contributed by atoms with van der Waals surface area (Å²) in [4.78, 5) is 2.46. The molecular weight excluding hydrogens is 220 g/mol. The van der Waals surface area contributed by atoms with Crippen molar-refractivity contribution in [3.63, 3.8) is 0 Å². The Labute approximate surface area is 111 Å². The Kier molecular flexibility index (Phi) is 4.28. The predicted octanol–water partition coefficient (Wildman–Crippen LogP) is 3.47. The van der Waals surface area contributed by atoms with Crippen LogP contribution in [0.3, 0.4) is 0 Å². The summed E-state index contributed by atoms with van der Waals surface area (Å²) in [7, 11) is 2.23. The lowest BCUT2D eigenvalue weighted by Gasteiger charge is -2.36. The lowest BCUT2D eigenvalue weighted by Crippen LogP contribution is -2.36. The highest BCUT2D eigenvalue weighted by molar-refractivity contribution is 5.55. The first-order chi connectivity index (χ1) is 8.61. The molecule has 2 atom stereocenters. The number of benzene rings is 1. The van der Waals surface area contributed by atoms with E-state index in [9.17, 15) is 0 Å². The van der Waals surface area contributed by atoms with Crippen LogP contribution in [0, 0.1) is 12.8 Å². The summed E-state index contributed by atoms with van der Waals surface area (Å²) in [5, 5.41) is 0. The molecule has 1 saturated carbocycles. The van der Waals surface area contributed by atoms with Crippen molar-refractivity contribution in [3.8, 4) is 0 Å². The molecule has 0 aliphatic heterocycles. The van der Waals surface area contributed by atoms with E-state index in [4.69, 9.17) is 5.73 Å². The minimum absolute atomic E-state index is 0.627. The summed E-state index contributed by atoms with van der Waals surface area (Å²) >= 11 is 0. The summed E-state index contributed by atoms with van der Waals surface area (Å²) in [6.45, 7) is 5.16. The zero-order valence-electron chi connectivity index (χ0n) is 11.9. The molecule has 2 unspecified atom stereocenters. The first-order valence-corrected chi connectivity index (χ1v) is 7.14. The van der Waals surface area contributed by atoms with Gasteiger partial charge >= 0.3 is 0 Å². The number of rotatable bonds is 3. The Morgan fingerprint density at radius 3 is 2.78 bits per heavy atom. The predicted molar refractivity (Wildman–Crippen MR) is 78.9 cm³/mol. The number of nitrogens with zero attached hydrogens (tertiary/aromatic N) is 1. The maximum Gasteiger partial charge on any atom is 0.0414 e. The molecule has 0 aromatic heterocycles. The van der Waals surface area contributed by atoms with Crippen molar-refractivity contribution in [1.82, 2.24) is 0 Å². The quantitative estimate of drug-likeness (QED) is 0.885. The van der Waals surface area contributed by atoms with Crippen LogP contribution in [0.4, 0.5) is 5.69 Å². The first-order valence-electron chi connectivity index (χ1n) is 7.14. The van der Waals surface area contributed by atoms with E-state index in [0.717, 1.165) is 5.92 Å². The third kappa shape index (κ3) is 2.86. The molecule has 1 fully saturated rings. The third-order valence-electron chi connectivity index (χ3n) is 4.30. The molecule has 100 valence electrons. The maximum atomic E-state index is 5.87. The molecule has 0 spiro atoms. The van der Waals surface area contributed by atoms with Gasteiger partial charge in [0.2, 0.25) is 0 Å². The van der Waals surface area contributed by atoms with Crippen molar-refractivity contribution in [2.45, 2.75) is 52.1 Å². The molecule has 0 bridgehead atoms. The van der Waals surface area contributed by atoms with E-state index in [-0.39, 0.29) is 0 Å². The maximum absolute atomic E-state index is 5.87. The van der Waals surface area contributed by atoms with Crippen LogP contribution >= 0.6 is 0 Å². The number of hydrogen-bond donors (Lipinski definition) is 1. The number of hydrogen-bond acceptors (Lipinski definition) is 2. The van der Waals surface area contributed by atoms with Gasteiger partial charge in [-0.25, -0.2) is 0 Å². The summed E-state index contributed by atoms with van der Waals surface area (Å²) in [6.07, 6.45) is 5.38. The molecule has 2 nitrogen and oxygen atoms in total. The van der Waals surface area contributed by atoms with E-state index < -0.39 is 0 Å². The molecule has 0 saturated heterocycles. The first kappa shape index (κ1) is 13.4. The second-order valence-electron chi connectivity index (χ2n) is 5.87. The van der Waals surface area contributed by atoms with Crippen LogP contribution in [0.1, 0.15) is 43.7 Å². The van der Waals surface area contributed by atoms with Crippen LogP contribution < -0.4 is 10.6 Å². The van der Waals surface area contributed by atoms with Crippen molar-refractivity contribution in [2.75, 3.05) is 11.9 Å². The molecule has 1 aliphatic carbocycles. The molecular formula is C16H26N2. The largest absolute Gasteiger partial charge is 0.371 e. The summed E-state index contributed by atoms with van der Waals surface area (Å²) in [6, 6.07) is 7.29. The second kappa shape index (κ2) is 5.75. The molecule has 18 heavy (non-hydrogen) atoms. The van der Waals surface area contributed by atoms with Gasteiger partial charge in [0.25, 0.3) is 0 Å².